The van der Waals surface area contributed by atoms with Gasteiger partial charge < -0.3 is 15.5 Å². The van der Waals surface area contributed by atoms with E-state index in [1.54, 1.807) is 23.1 Å². The van der Waals surface area contributed by atoms with E-state index in [0.717, 1.165) is 0 Å². The summed E-state index contributed by atoms with van der Waals surface area (Å²) in [6.07, 6.45) is 1.17. The van der Waals surface area contributed by atoms with Crippen LogP contribution in [0.4, 0.5) is 11.4 Å². The maximum absolute atomic E-state index is 11.9. The summed E-state index contributed by atoms with van der Waals surface area (Å²) in [5.41, 5.74) is 6.14. The number of anilines is 1. The van der Waals surface area contributed by atoms with Gasteiger partial charge in [-0.2, -0.15) is 0 Å². The van der Waals surface area contributed by atoms with E-state index in [1.807, 2.05) is 4.90 Å². The highest BCUT2D eigenvalue weighted by molar-refractivity contribution is 5.76. The number of nitrogens with zero attached hydrogens (tertiary/aromatic N) is 3. The Morgan fingerprint density at radius 3 is 2.52 bits per heavy atom. The zero-order valence-corrected chi connectivity index (χ0v) is 11.9. The molecule has 0 aromatic heterocycles. The predicted molar refractivity (Wildman–Crippen MR) is 80.2 cm³/mol. The molecule has 0 spiro atoms. The predicted octanol–water partition coefficient (Wildman–Crippen LogP) is 0.982. The fraction of sp³-hybridized carbons (Fsp3) is 0.500. The van der Waals surface area contributed by atoms with Gasteiger partial charge in [-0.05, 0) is 19.0 Å². The number of piperazine rings is 1. The van der Waals surface area contributed by atoms with Crippen LogP contribution in [0.5, 0.6) is 0 Å². The molecule has 0 atom stereocenters. The van der Waals surface area contributed by atoms with Crippen molar-refractivity contribution in [1.82, 2.24) is 4.90 Å². The summed E-state index contributed by atoms with van der Waals surface area (Å²) in [5.74, 6) is 0.114. The molecule has 0 radical (unpaired) electrons. The third kappa shape index (κ3) is 3.69. The van der Waals surface area contributed by atoms with E-state index >= 15 is 0 Å². The van der Waals surface area contributed by atoms with Crippen LogP contribution in [0, 0.1) is 10.1 Å². The lowest BCUT2D eigenvalue weighted by Crippen LogP contribution is -2.49. The smallest absolute Gasteiger partial charge is 0.292 e. The number of nitrogens with two attached hydrogens (primary N) is 1. The molecule has 21 heavy (non-hydrogen) atoms. The molecule has 114 valence electrons. The molecule has 1 saturated heterocycles. The Balaban J connectivity index is 1.98. The number of benzene rings is 1. The highest BCUT2D eigenvalue weighted by Gasteiger charge is 2.24. The quantitative estimate of drug-likeness (QED) is 0.645. The van der Waals surface area contributed by atoms with Crippen LogP contribution in [0.2, 0.25) is 0 Å². The summed E-state index contributed by atoms with van der Waals surface area (Å²) in [4.78, 5) is 26.4. The zero-order valence-electron chi connectivity index (χ0n) is 11.9. The minimum absolute atomic E-state index is 0.111. The molecule has 1 amide bonds. The number of nitro benzene ring substituents is 1. The molecule has 0 unspecified atom stereocenters. The van der Waals surface area contributed by atoms with E-state index < -0.39 is 0 Å². The van der Waals surface area contributed by atoms with Crippen molar-refractivity contribution in [3.63, 3.8) is 0 Å². The van der Waals surface area contributed by atoms with E-state index in [9.17, 15) is 14.9 Å². The summed E-state index contributed by atoms with van der Waals surface area (Å²) >= 11 is 0. The van der Waals surface area contributed by atoms with Gasteiger partial charge in [0.15, 0.2) is 0 Å². The van der Waals surface area contributed by atoms with Crippen LogP contribution < -0.4 is 10.6 Å². The topological polar surface area (TPSA) is 92.7 Å². The second-order valence-electron chi connectivity index (χ2n) is 5.01. The maximum atomic E-state index is 11.9. The molecule has 7 nitrogen and oxygen atoms in total. The average molecular weight is 292 g/mol. The van der Waals surface area contributed by atoms with E-state index in [1.165, 1.54) is 6.07 Å². The second kappa shape index (κ2) is 7.03. The Labute approximate surface area is 123 Å². The first-order chi connectivity index (χ1) is 10.1. The molecule has 0 saturated carbocycles. The van der Waals surface area contributed by atoms with Crippen molar-refractivity contribution in [3.8, 4) is 0 Å². The average Bonchev–Trinajstić information content (AvgIpc) is 2.52. The number of carbonyl (C=O) groups is 1. The SMILES string of the molecule is NCCCC(=O)N1CCN(c2ccccc2[N+](=O)[O-])CC1. The fourth-order valence-corrected chi connectivity index (χ4v) is 2.49. The Morgan fingerprint density at radius 1 is 1.24 bits per heavy atom. The van der Waals surface area contributed by atoms with E-state index in [-0.39, 0.29) is 16.5 Å². The van der Waals surface area contributed by atoms with Crippen molar-refractivity contribution in [1.29, 1.82) is 0 Å². The zero-order chi connectivity index (χ0) is 15.2. The van der Waals surface area contributed by atoms with Gasteiger partial charge in [-0.25, -0.2) is 0 Å². The van der Waals surface area contributed by atoms with Gasteiger partial charge in [0.2, 0.25) is 5.91 Å². The Hall–Kier alpha value is -2.15. The molecule has 1 aliphatic rings. The molecule has 0 aliphatic carbocycles. The molecule has 0 bridgehead atoms. The second-order valence-corrected chi connectivity index (χ2v) is 5.01. The van der Waals surface area contributed by atoms with Crippen LogP contribution in [0.1, 0.15) is 12.8 Å². The normalized spacial score (nSPS) is 15.1. The molecule has 1 aliphatic heterocycles. The highest BCUT2D eigenvalue weighted by atomic mass is 16.6. The van der Waals surface area contributed by atoms with Gasteiger partial charge in [0.25, 0.3) is 5.69 Å². The third-order valence-corrected chi connectivity index (χ3v) is 3.65. The van der Waals surface area contributed by atoms with E-state index in [2.05, 4.69) is 0 Å². The first-order valence-corrected chi connectivity index (χ1v) is 7.09. The van der Waals surface area contributed by atoms with Crippen LogP contribution in [-0.4, -0.2) is 48.5 Å². The molecule has 7 heteroatoms. The van der Waals surface area contributed by atoms with Crippen molar-refractivity contribution in [3.05, 3.63) is 34.4 Å². The van der Waals surface area contributed by atoms with Crippen molar-refractivity contribution in [2.45, 2.75) is 12.8 Å². The lowest BCUT2D eigenvalue weighted by molar-refractivity contribution is -0.384. The van der Waals surface area contributed by atoms with Crippen LogP contribution in [0.3, 0.4) is 0 Å². The monoisotopic (exact) mass is 292 g/mol. The van der Waals surface area contributed by atoms with Crippen LogP contribution in [0.25, 0.3) is 0 Å². The summed E-state index contributed by atoms with van der Waals surface area (Å²) in [6.45, 7) is 2.92. The number of hydrogen-bond donors (Lipinski definition) is 1. The van der Waals surface area contributed by atoms with Gasteiger partial charge in [0.1, 0.15) is 5.69 Å². The van der Waals surface area contributed by atoms with Gasteiger partial charge in [-0.3, -0.25) is 14.9 Å². The molecule has 1 heterocycles. The van der Waals surface area contributed by atoms with Gasteiger partial charge in [-0.1, -0.05) is 12.1 Å². The van der Waals surface area contributed by atoms with Gasteiger partial charge in [-0.15, -0.1) is 0 Å². The Kier molecular flexibility index (Phi) is 5.10. The number of hydrogen-bond acceptors (Lipinski definition) is 5. The molecule has 2 N–H and O–H groups in total. The minimum atomic E-state index is -0.367. The third-order valence-electron chi connectivity index (χ3n) is 3.65. The molecular formula is C14H20N4O3. The molecule has 1 aromatic rings. The number of rotatable bonds is 5. The summed E-state index contributed by atoms with van der Waals surface area (Å²) in [7, 11) is 0. The van der Waals surface area contributed by atoms with Crippen molar-refractivity contribution < 1.29 is 9.72 Å². The van der Waals surface area contributed by atoms with E-state index in [0.29, 0.717) is 51.3 Å². The highest BCUT2D eigenvalue weighted by Crippen LogP contribution is 2.28. The number of para-hydroxylation sites is 2. The maximum Gasteiger partial charge on any atom is 0.292 e. The lowest BCUT2D eigenvalue weighted by Gasteiger charge is -2.35. The molecule has 2 rings (SSSR count). The van der Waals surface area contributed by atoms with E-state index in [4.69, 9.17) is 5.73 Å². The molecular weight excluding hydrogens is 272 g/mol. The Bertz CT molecular complexity index is 513. The number of nitro groups is 1. The standard InChI is InChI=1S/C14H20N4O3/c15-7-3-6-14(19)17-10-8-16(9-11-17)12-4-1-2-5-13(12)18(20)21/h1-2,4-5H,3,6-11,15H2. The summed E-state index contributed by atoms with van der Waals surface area (Å²) in [5, 5.41) is 11.1. The van der Waals surface area contributed by atoms with Crippen molar-refractivity contribution >= 4 is 17.3 Å². The first-order valence-electron chi connectivity index (χ1n) is 7.09. The lowest BCUT2D eigenvalue weighted by atomic mass is 10.2. The Morgan fingerprint density at radius 2 is 1.90 bits per heavy atom. The largest absolute Gasteiger partial charge is 0.362 e. The van der Waals surface area contributed by atoms with Crippen LogP contribution in [0.15, 0.2) is 24.3 Å². The van der Waals surface area contributed by atoms with Crippen LogP contribution >= 0.6 is 0 Å². The van der Waals surface area contributed by atoms with Crippen molar-refractivity contribution in [2.75, 3.05) is 37.6 Å². The van der Waals surface area contributed by atoms with Gasteiger partial charge in [0.05, 0.1) is 4.92 Å². The molecule has 1 aromatic carbocycles. The summed E-state index contributed by atoms with van der Waals surface area (Å²) in [6, 6.07) is 6.72. The number of amides is 1. The fourth-order valence-electron chi connectivity index (χ4n) is 2.49. The minimum Gasteiger partial charge on any atom is -0.362 e. The van der Waals surface area contributed by atoms with Gasteiger partial charge >= 0.3 is 0 Å². The summed E-state index contributed by atoms with van der Waals surface area (Å²) < 4.78 is 0. The first kappa shape index (κ1) is 15.2. The number of carbonyl (C=O) groups excluding carboxylic acids is 1. The van der Waals surface area contributed by atoms with Crippen LogP contribution in [-0.2, 0) is 4.79 Å². The van der Waals surface area contributed by atoms with Gasteiger partial charge in [0, 0.05) is 38.7 Å². The van der Waals surface area contributed by atoms with Crippen molar-refractivity contribution in [2.24, 2.45) is 5.73 Å². The molecule has 1 fully saturated rings.